The van der Waals surface area contributed by atoms with Gasteiger partial charge in [-0.1, -0.05) is 12.1 Å². The lowest BCUT2D eigenvalue weighted by atomic mass is 10.0. The molecule has 0 amide bonds. The summed E-state index contributed by atoms with van der Waals surface area (Å²) < 4.78 is 1.68. The predicted octanol–water partition coefficient (Wildman–Crippen LogP) is 1.42. The number of hydrogen-bond acceptors (Lipinski definition) is 4. The van der Waals surface area contributed by atoms with Crippen LogP contribution < -0.4 is 11.3 Å². The third-order valence-corrected chi connectivity index (χ3v) is 4.51. The number of nitrogens with zero attached hydrogens (tertiary/aromatic N) is 3. The lowest BCUT2D eigenvalue weighted by molar-refractivity contribution is 0.155. The minimum atomic E-state index is 0.0242. The summed E-state index contributed by atoms with van der Waals surface area (Å²) in [6.45, 7) is 4.05. The van der Waals surface area contributed by atoms with Crippen molar-refractivity contribution in [1.82, 2.24) is 14.5 Å². The fourth-order valence-electron chi connectivity index (χ4n) is 3.08. The highest BCUT2D eigenvalue weighted by Gasteiger charge is 2.24. The monoisotopic (exact) mass is 286 g/mol. The van der Waals surface area contributed by atoms with Gasteiger partial charge in [0.15, 0.2) is 0 Å². The van der Waals surface area contributed by atoms with Gasteiger partial charge in [-0.3, -0.25) is 14.3 Å². The van der Waals surface area contributed by atoms with E-state index < -0.39 is 0 Å². The van der Waals surface area contributed by atoms with Gasteiger partial charge in [0.1, 0.15) is 5.82 Å². The molecule has 1 aromatic heterocycles. The van der Waals surface area contributed by atoms with Crippen LogP contribution in [0.3, 0.4) is 0 Å². The first-order valence-corrected chi connectivity index (χ1v) is 7.53. The Bertz CT molecular complexity index is 701. The lowest BCUT2D eigenvalue weighted by Gasteiger charge is -2.34. The number of aromatic nitrogens is 2. The van der Waals surface area contributed by atoms with Crippen molar-refractivity contribution in [3.63, 3.8) is 0 Å². The first kappa shape index (κ1) is 14.2. The summed E-state index contributed by atoms with van der Waals surface area (Å²) in [5.41, 5.74) is 6.77. The second-order valence-corrected chi connectivity index (χ2v) is 5.90. The van der Waals surface area contributed by atoms with Gasteiger partial charge in [0, 0.05) is 26.2 Å². The maximum absolute atomic E-state index is 12.5. The molecule has 2 heterocycles. The van der Waals surface area contributed by atoms with Crippen LogP contribution in [0, 0.1) is 0 Å². The molecule has 1 aliphatic heterocycles. The second kappa shape index (κ2) is 5.58. The molecule has 1 aromatic carbocycles. The molecule has 0 radical (unpaired) electrons. The molecule has 0 bridgehead atoms. The number of likely N-dealkylation sites (tertiary alicyclic amines) is 1. The zero-order valence-corrected chi connectivity index (χ0v) is 12.6. The van der Waals surface area contributed by atoms with Crippen molar-refractivity contribution in [2.45, 2.75) is 31.8 Å². The van der Waals surface area contributed by atoms with Gasteiger partial charge in [-0.25, -0.2) is 4.98 Å². The Hall–Kier alpha value is -1.72. The van der Waals surface area contributed by atoms with E-state index in [1.807, 2.05) is 31.3 Å². The summed E-state index contributed by atoms with van der Waals surface area (Å²) in [5.74, 6) is 0.828. The van der Waals surface area contributed by atoms with E-state index in [1.165, 1.54) is 0 Å². The van der Waals surface area contributed by atoms with Crippen LogP contribution >= 0.6 is 0 Å². The Balaban J connectivity index is 2.00. The van der Waals surface area contributed by atoms with Crippen molar-refractivity contribution < 1.29 is 0 Å². The standard InChI is InChI=1S/C16H22N4O/c1-11(20-9-7-12(17)8-10-20)15-18-14-6-4-3-5-13(14)16(21)19(15)2/h3-6,11-12H,7-10,17H2,1-2H3. The topological polar surface area (TPSA) is 64.2 Å². The zero-order chi connectivity index (χ0) is 15.0. The Morgan fingerprint density at radius 3 is 2.67 bits per heavy atom. The molecular formula is C16H22N4O. The first-order valence-electron chi connectivity index (χ1n) is 7.53. The number of benzene rings is 1. The van der Waals surface area contributed by atoms with Crippen molar-refractivity contribution in [2.75, 3.05) is 13.1 Å². The lowest BCUT2D eigenvalue weighted by Crippen LogP contribution is -2.42. The molecule has 21 heavy (non-hydrogen) atoms. The number of para-hydroxylation sites is 1. The van der Waals surface area contributed by atoms with Crippen LogP contribution in [0.2, 0.25) is 0 Å². The molecule has 0 aliphatic carbocycles. The average Bonchev–Trinajstić information content (AvgIpc) is 2.51. The number of rotatable bonds is 2. The minimum Gasteiger partial charge on any atom is -0.328 e. The van der Waals surface area contributed by atoms with Gasteiger partial charge in [0.05, 0.1) is 16.9 Å². The fourth-order valence-corrected chi connectivity index (χ4v) is 3.08. The van der Waals surface area contributed by atoms with Crippen LogP contribution in [0.15, 0.2) is 29.1 Å². The molecule has 5 heteroatoms. The Morgan fingerprint density at radius 2 is 1.95 bits per heavy atom. The molecule has 1 fully saturated rings. The van der Waals surface area contributed by atoms with Crippen LogP contribution in [0.4, 0.5) is 0 Å². The number of hydrogen-bond donors (Lipinski definition) is 1. The average molecular weight is 286 g/mol. The largest absolute Gasteiger partial charge is 0.328 e. The fraction of sp³-hybridized carbons (Fsp3) is 0.500. The van der Waals surface area contributed by atoms with Crippen molar-refractivity contribution >= 4 is 10.9 Å². The quantitative estimate of drug-likeness (QED) is 0.907. The van der Waals surface area contributed by atoms with Gasteiger partial charge in [0.2, 0.25) is 0 Å². The van der Waals surface area contributed by atoms with Crippen molar-refractivity contribution in [3.8, 4) is 0 Å². The highest BCUT2D eigenvalue weighted by atomic mass is 16.1. The van der Waals surface area contributed by atoms with Gasteiger partial charge >= 0.3 is 0 Å². The van der Waals surface area contributed by atoms with Crippen LogP contribution in [-0.4, -0.2) is 33.6 Å². The molecule has 2 N–H and O–H groups in total. The summed E-state index contributed by atoms with van der Waals surface area (Å²) in [6, 6.07) is 7.96. The Labute approximate surface area is 124 Å². The molecule has 0 spiro atoms. The maximum Gasteiger partial charge on any atom is 0.261 e. The van der Waals surface area contributed by atoms with Crippen molar-refractivity contribution in [3.05, 3.63) is 40.4 Å². The number of fused-ring (bicyclic) bond motifs is 1. The molecule has 1 saturated heterocycles. The number of nitrogens with two attached hydrogens (primary N) is 1. The van der Waals surface area contributed by atoms with Gasteiger partial charge in [0.25, 0.3) is 5.56 Å². The smallest absolute Gasteiger partial charge is 0.261 e. The number of piperidine rings is 1. The highest BCUT2D eigenvalue weighted by Crippen LogP contribution is 2.22. The summed E-state index contributed by atoms with van der Waals surface area (Å²) in [6.07, 6.45) is 2.01. The molecule has 5 nitrogen and oxygen atoms in total. The summed E-state index contributed by atoms with van der Waals surface area (Å²) >= 11 is 0. The predicted molar refractivity (Wildman–Crippen MR) is 84.2 cm³/mol. The molecule has 3 rings (SSSR count). The van der Waals surface area contributed by atoms with E-state index in [9.17, 15) is 4.79 Å². The Kier molecular flexibility index (Phi) is 3.78. The normalized spacial score (nSPS) is 19.0. The third kappa shape index (κ3) is 2.59. The van der Waals surface area contributed by atoms with Crippen LogP contribution in [0.5, 0.6) is 0 Å². The summed E-state index contributed by atoms with van der Waals surface area (Å²) in [5, 5.41) is 0.677. The summed E-state index contributed by atoms with van der Waals surface area (Å²) in [4.78, 5) is 19.6. The first-order chi connectivity index (χ1) is 10.1. The van der Waals surface area contributed by atoms with Gasteiger partial charge in [-0.2, -0.15) is 0 Å². The van der Waals surface area contributed by atoms with E-state index >= 15 is 0 Å². The zero-order valence-electron chi connectivity index (χ0n) is 12.6. The molecule has 2 aromatic rings. The van der Waals surface area contributed by atoms with Crippen LogP contribution in [0.25, 0.3) is 10.9 Å². The third-order valence-electron chi connectivity index (χ3n) is 4.51. The molecule has 0 saturated carbocycles. The van der Waals surface area contributed by atoms with Gasteiger partial charge in [-0.05, 0) is 31.9 Å². The Morgan fingerprint density at radius 1 is 1.29 bits per heavy atom. The molecule has 1 aliphatic rings. The molecule has 112 valence electrons. The van der Waals surface area contributed by atoms with Crippen molar-refractivity contribution in [2.24, 2.45) is 12.8 Å². The molecule has 1 atom stereocenters. The molecule has 1 unspecified atom stereocenters. The van der Waals surface area contributed by atoms with E-state index in [0.29, 0.717) is 11.4 Å². The second-order valence-electron chi connectivity index (χ2n) is 5.90. The summed E-state index contributed by atoms with van der Waals surface area (Å²) in [7, 11) is 1.81. The van der Waals surface area contributed by atoms with E-state index in [4.69, 9.17) is 10.7 Å². The van der Waals surface area contributed by atoms with Gasteiger partial charge < -0.3 is 5.73 Å². The van der Waals surface area contributed by atoms with Crippen LogP contribution in [-0.2, 0) is 7.05 Å². The molecular weight excluding hydrogens is 264 g/mol. The minimum absolute atomic E-state index is 0.0242. The van der Waals surface area contributed by atoms with E-state index in [1.54, 1.807) is 4.57 Å². The van der Waals surface area contributed by atoms with Crippen molar-refractivity contribution in [1.29, 1.82) is 0 Å². The van der Waals surface area contributed by atoms with E-state index in [2.05, 4.69) is 11.8 Å². The van der Waals surface area contributed by atoms with E-state index in [0.717, 1.165) is 37.3 Å². The van der Waals surface area contributed by atoms with E-state index in [-0.39, 0.29) is 11.6 Å². The SMILES string of the molecule is CC(c1nc2ccccc2c(=O)n1C)N1CCC(N)CC1. The van der Waals surface area contributed by atoms with Gasteiger partial charge in [-0.15, -0.1) is 0 Å². The highest BCUT2D eigenvalue weighted by molar-refractivity contribution is 5.77. The maximum atomic E-state index is 12.5. The van der Waals surface area contributed by atoms with Crippen LogP contribution in [0.1, 0.15) is 31.6 Å².